The average molecular weight is 473 g/mol. The average Bonchev–Trinajstić information content (AvgIpc) is 2.84. The van der Waals surface area contributed by atoms with Crippen LogP contribution in [-0.2, 0) is 17.8 Å². The predicted octanol–water partition coefficient (Wildman–Crippen LogP) is 6.59. The van der Waals surface area contributed by atoms with Crippen molar-refractivity contribution < 1.29 is 14.3 Å². The van der Waals surface area contributed by atoms with Crippen molar-refractivity contribution >= 4 is 29.3 Å². The third kappa shape index (κ3) is 6.50. The van der Waals surface area contributed by atoms with Crippen LogP contribution in [0.2, 0.25) is 5.02 Å². The maximum absolute atomic E-state index is 12.6. The fourth-order valence-corrected chi connectivity index (χ4v) is 3.49. The molecule has 0 bridgehead atoms. The summed E-state index contributed by atoms with van der Waals surface area (Å²) in [5, 5.41) is 13.0. The topological polar surface area (TPSA) is 71.4 Å². The van der Waals surface area contributed by atoms with E-state index in [9.17, 15) is 10.1 Å². The summed E-state index contributed by atoms with van der Waals surface area (Å²) in [5.74, 6) is 0.600. The lowest BCUT2D eigenvalue weighted by atomic mass is 10.0. The highest BCUT2D eigenvalue weighted by Crippen LogP contribution is 2.35. The summed E-state index contributed by atoms with van der Waals surface area (Å²) in [4.78, 5) is 12.6. The Morgan fingerprint density at radius 2 is 1.82 bits per heavy atom. The van der Waals surface area contributed by atoms with E-state index in [0.29, 0.717) is 40.8 Å². The first kappa shape index (κ1) is 24.6. The number of nitrogens with zero attached hydrogens (tertiary/aromatic N) is 1. The van der Waals surface area contributed by atoms with Gasteiger partial charge >= 0.3 is 0 Å². The molecule has 0 aromatic heterocycles. The molecular formula is C28H25ClN2O3. The number of carbonyl (C=O) groups is 1. The van der Waals surface area contributed by atoms with Gasteiger partial charge in [0, 0.05) is 21.8 Å². The second-order valence-electron chi connectivity index (χ2n) is 7.30. The first-order valence-electron chi connectivity index (χ1n) is 10.8. The highest BCUT2D eigenvalue weighted by atomic mass is 35.5. The number of allylic oxidation sites excluding steroid dienone is 1. The zero-order valence-electron chi connectivity index (χ0n) is 18.9. The van der Waals surface area contributed by atoms with E-state index in [1.165, 1.54) is 6.08 Å². The number of carbonyl (C=O) groups excluding carboxylic acids is 1. The number of benzene rings is 3. The first-order chi connectivity index (χ1) is 16.5. The minimum Gasteiger partial charge on any atom is -0.490 e. The second-order valence-corrected chi connectivity index (χ2v) is 7.71. The van der Waals surface area contributed by atoms with Crippen molar-refractivity contribution in [1.82, 2.24) is 0 Å². The molecule has 0 aliphatic rings. The number of hydrogen-bond donors (Lipinski definition) is 1. The van der Waals surface area contributed by atoms with E-state index in [4.69, 9.17) is 21.1 Å². The molecule has 3 aromatic rings. The summed E-state index contributed by atoms with van der Waals surface area (Å²) in [6, 6.07) is 22.1. The summed E-state index contributed by atoms with van der Waals surface area (Å²) in [6.07, 6.45) is 3.80. The number of ether oxygens (including phenoxy) is 2. The van der Waals surface area contributed by atoms with Crippen LogP contribution in [0.1, 0.15) is 23.6 Å². The van der Waals surface area contributed by atoms with Crippen LogP contribution in [0.5, 0.6) is 11.5 Å². The molecule has 5 nitrogen and oxygen atoms in total. The quantitative estimate of drug-likeness (QED) is 0.205. The van der Waals surface area contributed by atoms with Crippen LogP contribution in [0.3, 0.4) is 0 Å². The molecular weight excluding hydrogens is 448 g/mol. The highest BCUT2D eigenvalue weighted by Gasteiger charge is 2.16. The van der Waals surface area contributed by atoms with Gasteiger partial charge in [-0.2, -0.15) is 5.26 Å². The van der Waals surface area contributed by atoms with Gasteiger partial charge in [-0.15, -0.1) is 6.58 Å². The Morgan fingerprint density at radius 3 is 2.50 bits per heavy atom. The highest BCUT2D eigenvalue weighted by molar-refractivity contribution is 6.31. The molecule has 0 radical (unpaired) electrons. The van der Waals surface area contributed by atoms with Crippen LogP contribution in [-0.4, -0.2) is 12.5 Å². The molecule has 1 amide bonds. The van der Waals surface area contributed by atoms with Gasteiger partial charge in [0.25, 0.3) is 5.91 Å². The molecule has 34 heavy (non-hydrogen) atoms. The van der Waals surface area contributed by atoms with Crippen LogP contribution in [0.25, 0.3) is 6.08 Å². The third-order valence-electron chi connectivity index (χ3n) is 4.86. The Balaban J connectivity index is 1.94. The molecule has 0 aliphatic heterocycles. The molecule has 0 unspecified atom stereocenters. The van der Waals surface area contributed by atoms with Crippen LogP contribution in [0, 0.1) is 11.3 Å². The molecule has 3 aromatic carbocycles. The lowest BCUT2D eigenvalue weighted by molar-refractivity contribution is -0.112. The van der Waals surface area contributed by atoms with Gasteiger partial charge in [0.1, 0.15) is 18.2 Å². The lowest BCUT2D eigenvalue weighted by Gasteiger charge is -2.17. The van der Waals surface area contributed by atoms with E-state index in [-0.39, 0.29) is 12.2 Å². The Labute approximate surface area is 204 Å². The Morgan fingerprint density at radius 1 is 1.09 bits per heavy atom. The molecule has 0 heterocycles. The number of nitriles is 1. The van der Waals surface area contributed by atoms with Crippen LogP contribution >= 0.6 is 11.6 Å². The predicted molar refractivity (Wildman–Crippen MR) is 136 cm³/mol. The number of para-hydroxylation sites is 1. The molecule has 0 saturated carbocycles. The Hall–Kier alpha value is -4.01. The van der Waals surface area contributed by atoms with Crippen LogP contribution in [0.4, 0.5) is 5.69 Å². The van der Waals surface area contributed by atoms with Gasteiger partial charge in [0.2, 0.25) is 0 Å². The van der Waals surface area contributed by atoms with Gasteiger partial charge in [0.15, 0.2) is 11.5 Å². The Kier molecular flexibility index (Phi) is 8.90. The smallest absolute Gasteiger partial charge is 0.266 e. The molecule has 0 aliphatic carbocycles. The molecule has 0 saturated heterocycles. The standard InChI is InChI=1S/C28H25ClN2O3/c1-3-10-21-15-20(16-23(18-30)28(32)31-24-12-6-5-7-13-24)17-26(33-4-2)27(21)34-19-22-11-8-9-14-25(22)29/h3,5-9,11-17H,1,4,10,19H2,2H3,(H,31,32)/b23-16+. The fraction of sp³-hybridized carbons (Fsp3) is 0.143. The van der Waals surface area contributed by atoms with Crippen molar-refractivity contribution in [2.45, 2.75) is 20.0 Å². The van der Waals surface area contributed by atoms with E-state index >= 15 is 0 Å². The third-order valence-corrected chi connectivity index (χ3v) is 5.22. The maximum atomic E-state index is 12.6. The van der Waals surface area contributed by atoms with Gasteiger partial charge in [-0.3, -0.25) is 4.79 Å². The van der Waals surface area contributed by atoms with Crippen LogP contribution in [0.15, 0.2) is 85.0 Å². The Bertz CT molecular complexity index is 1230. The summed E-state index contributed by atoms with van der Waals surface area (Å²) in [5.41, 5.74) is 2.90. The summed E-state index contributed by atoms with van der Waals surface area (Å²) < 4.78 is 12.0. The minimum absolute atomic E-state index is 0.0272. The largest absolute Gasteiger partial charge is 0.490 e. The van der Waals surface area contributed by atoms with Gasteiger partial charge < -0.3 is 14.8 Å². The van der Waals surface area contributed by atoms with Crippen molar-refractivity contribution in [2.24, 2.45) is 0 Å². The number of halogens is 1. The molecule has 3 rings (SSSR count). The van der Waals surface area contributed by atoms with Crippen molar-refractivity contribution in [3.8, 4) is 17.6 Å². The SMILES string of the molecule is C=CCc1cc(/C=C(\C#N)C(=O)Nc2ccccc2)cc(OCC)c1OCc1ccccc1Cl. The summed E-state index contributed by atoms with van der Waals surface area (Å²) in [6.45, 7) is 6.40. The number of rotatable bonds is 10. The van der Waals surface area contributed by atoms with Gasteiger partial charge in [-0.25, -0.2) is 0 Å². The molecule has 1 N–H and O–H groups in total. The number of amides is 1. The zero-order chi connectivity index (χ0) is 24.3. The van der Waals surface area contributed by atoms with Crippen molar-refractivity contribution in [3.63, 3.8) is 0 Å². The number of hydrogen-bond acceptors (Lipinski definition) is 4. The summed E-state index contributed by atoms with van der Waals surface area (Å²) >= 11 is 6.27. The summed E-state index contributed by atoms with van der Waals surface area (Å²) in [7, 11) is 0. The van der Waals surface area contributed by atoms with Gasteiger partial charge in [-0.05, 0) is 55.3 Å². The van der Waals surface area contributed by atoms with Crippen molar-refractivity contribution in [1.29, 1.82) is 5.26 Å². The van der Waals surface area contributed by atoms with Gasteiger partial charge in [0.05, 0.1) is 6.61 Å². The minimum atomic E-state index is -0.490. The zero-order valence-corrected chi connectivity index (χ0v) is 19.6. The van der Waals surface area contributed by atoms with Gasteiger partial charge in [-0.1, -0.05) is 54.1 Å². The van der Waals surface area contributed by atoms with E-state index < -0.39 is 5.91 Å². The molecule has 0 atom stereocenters. The van der Waals surface area contributed by atoms with Crippen molar-refractivity contribution in [2.75, 3.05) is 11.9 Å². The van der Waals surface area contributed by atoms with Crippen LogP contribution < -0.4 is 14.8 Å². The molecule has 172 valence electrons. The van der Waals surface area contributed by atoms with Crippen molar-refractivity contribution in [3.05, 3.63) is 107 Å². The van der Waals surface area contributed by atoms with E-state index in [2.05, 4.69) is 11.9 Å². The molecule has 0 spiro atoms. The number of anilines is 1. The fourth-order valence-electron chi connectivity index (χ4n) is 3.30. The van der Waals surface area contributed by atoms with E-state index in [0.717, 1.165) is 11.1 Å². The first-order valence-corrected chi connectivity index (χ1v) is 11.2. The molecule has 0 fully saturated rings. The monoisotopic (exact) mass is 472 g/mol. The molecule has 6 heteroatoms. The van der Waals surface area contributed by atoms with E-state index in [1.807, 2.05) is 61.5 Å². The lowest BCUT2D eigenvalue weighted by Crippen LogP contribution is -2.13. The normalized spacial score (nSPS) is 10.8. The second kappa shape index (κ2) is 12.3. The number of nitrogens with one attached hydrogen (secondary N) is 1. The van der Waals surface area contributed by atoms with E-state index in [1.54, 1.807) is 24.3 Å². The maximum Gasteiger partial charge on any atom is 0.266 e.